The first kappa shape index (κ1) is 14.4. The Morgan fingerprint density at radius 2 is 1.61 bits per heavy atom. The van der Waals surface area contributed by atoms with Crippen LogP contribution >= 0.6 is 0 Å². The quantitative estimate of drug-likeness (QED) is 0.769. The lowest BCUT2D eigenvalue weighted by molar-refractivity contribution is 0.129. The van der Waals surface area contributed by atoms with Crippen LogP contribution < -0.4 is 5.32 Å². The standard InChI is InChI=1S/C17H33N/c1-4-18-17-11-7-10-16(14(17)3)12-15-9-6-5-8-13(15)2/h13-18H,4-12H2,1-3H3. The van der Waals surface area contributed by atoms with E-state index in [9.17, 15) is 0 Å². The first-order valence-electron chi connectivity index (χ1n) is 8.45. The summed E-state index contributed by atoms with van der Waals surface area (Å²) >= 11 is 0. The van der Waals surface area contributed by atoms with Crippen molar-refractivity contribution in [3.05, 3.63) is 0 Å². The maximum absolute atomic E-state index is 3.71. The molecule has 2 rings (SSSR count). The minimum atomic E-state index is 0.799. The molecule has 2 aliphatic carbocycles. The molecule has 1 N–H and O–H groups in total. The Hall–Kier alpha value is -0.0400. The molecule has 106 valence electrons. The lowest BCUT2D eigenvalue weighted by Crippen LogP contribution is -2.42. The van der Waals surface area contributed by atoms with Gasteiger partial charge >= 0.3 is 0 Å². The molecular formula is C17H33N. The van der Waals surface area contributed by atoms with Gasteiger partial charge in [0.15, 0.2) is 0 Å². The first-order valence-corrected chi connectivity index (χ1v) is 8.45. The summed E-state index contributed by atoms with van der Waals surface area (Å²) in [5.74, 6) is 3.92. The summed E-state index contributed by atoms with van der Waals surface area (Å²) in [6.45, 7) is 8.39. The van der Waals surface area contributed by atoms with Gasteiger partial charge in [0, 0.05) is 6.04 Å². The minimum Gasteiger partial charge on any atom is -0.314 e. The lowest BCUT2D eigenvalue weighted by Gasteiger charge is -2.40. The van der Waals surface area contributed by atoms with E-state index in [4.69, 9.17) is 0 Å². The van der Waals surface area contributed by atoms with Crippen molar-refractivity contribution in [2.45, 2.75) is 78.2 Å². The summed E-state index contributed by atoms with van der Waals surface area (Å²) < 4.78 is 0. The summed E-state index contributed by atoms with van der Waals surface area (Å²) in [5, 5.41) is 3.71. The molecule has 5 unspecified atom stereocenters. The van der Waals surface area contributed by atoms with Gasteiger partial charge in [-0.1, -0.05) is 59.3 Å². The molecule has 18 heavy (non-hydrogen) atoms. The fourth-order valence-electron chi connectivity index (χ4n) is 4.47. The van der Waals surface area contributed by atoms with Crippen LogP contribution in [0, 0.1) is 23.7 Å². The highest BCUT2D eigenvalue weighted by atomic mass is 14.9. The van der Waals surface area contributed by atoms with Gasteiger partial charge in [0.05, 0.1) is 0 Å². The van der Waals surface area contributed by atoms with Gasteiger partial charge in [-0.25, -0.2) is 0 Å². The van der Waals surface area contributed by atoms with Crippen LogP contribution in [-0.2, 0) is 0 Å². The highest BCUT2D eigenvalue weighted by Gasteiger charge is 2.32. The van der Waals surface area contributed by atoms with Crippen molar-refractivity contribution in [3.8, 4) is 0 Å². The molecule has 5 atom stereocenters. The summed E-state index contributed by atoms with van der Waals surface area (Å²) in [6, 6.07) is 0.799. The predicted molar refractivity (Wildman–Crippen MR) is 79.7 cm³/mol. The van der Waals surface area contributed by atoms with Crippen molar-refractivity contribution in [1.82, 2.24) is 5.32 Å². The van der Waals surface area contributed by atoms with Gasteiger partial charge in [-0.2, -0.15) is 0 Å². The van der Waals surface area contributed by atoms with Gasteiger partial charge < -0.3 is 5.32 Å². The van der Waals surface area contributed by atoms with E-state index in [0.29, 0.717) is 0 Å². The molecule has 1 nitrogen and oxygen atoms in total. The zero-order chi connectivity index (χ0) is 13.0. The first-order chi connectivity index (χ1) is 8.72. The molecule has 1 heteroatoms. The Morgan fingerprint density at radius 3 is 2.33 bits per heavy atom. The highest BCUT2D eigenvalue weighted by Crippen LogP contribution is 2.40. The molecule has 0 heterocycles. The van der Waals surface area contributed by atoms with E-state index in [0.717, 1.165) is 36.3 Å². The highest BCUT2D eigenvalue weighted by molar-refractivity contribution is 4.86. The summed E-state index contributed by atoms with van der Waals surface area (Å²) in [4.78, 5) is 0. The van der Waals surface area contributed by atoms with Gasteiger partial charge in [-0.15, -0.1) is 0 Å². The maximum atomic E-state index is 3.71. The van der Waals surface area contributed by atoms with E-state index in [1.807, 2.05) is 0 Å². The average molecular weight is 251 g/mol. The van der Waals surface area contributed by atoms with Gasteiger partial charge in [0.1, 0.15) is 0 Å². The van der Waals surface area contributed by atoms with Crippen LogP contribution in [0.25, 0.3) is 0 Å². The SMILES string of the molecule is CCNC1CCCC(CC2CCCCC2C)C1C. The fraction of sp³-hybridized carbons (Fsp3) is 1.00. The zero-order valence-electron chi connectivity index (χ0n) is 12.8. The third-order valence-corrected chi connectivity index (χ3v) is 5.83. The number of hydrogen-bond acceptors (Lipinski definition) is 1. The predicted octanol–water partition coefficient (Wildman–Crippen LogP) is 4.62. The molecule has 0 spiro atoms. The molecule has 2 saturated carbocycles. The largest absolute Gasteiger partial charge is 0.314 e. The summed E-state index contributed by atoms with van der Waals surface area (Å²) in [7, 11) is 0. The molecule has 0 aromatic heterocycles. The van der Waals surface area contributed by atoms with Gasteiger partial charge in [0.2, 0.25) is 0 Å². The van der Waals surface area contributed by atoms with Crippen LogP contribution in [0.4, 0.5) is 0 Å². The lowest BCUT2D eigenvalue weighted by atomic mass is 9.68. The van der Waals surface area contributed by atoms with Crippen molar-refractivity contribution < 1.29 is 0 Å². The summed E-state index contributed by atoms with van der Waals surface area (Å²) in [6.07, 6.45) is 11.8. The van der Waals surface area contributed by atoms with Crippen LogP contribution in [0.5, 0.6) is 0 Å². The monoisotopic (exact) mass is 251 g/mol. The molecular weight excluding hydrogens is 218 g/mol. The minimum absolute atomic E-state index is 0.799. The second-order valence-corrected chi connectivity index (χ2v) is 6.97. The third kappa shape index (κ3) is 3.50. The van der Waals surface area contributed by atoms with Gasteiger partial charge in [0.25, 0.3) is 0 Å². The van der Waals surface area contributed by atoms with Crippen molar-refractivity contribution in [2.75, 3.05) is 6.54 Å². The van der Waals surface area contributed by atoms with E-state index < -0.39 is 0 Å². The number of nitrogens with one attached hydrogen (secondary N) is 1. The van der Waals surface area contributed by atoms with Crippen molar-refractivity contribution in [3.63, 3.8) is 0 Å². The molecule has 2 fully saturated rings. The van der Waals surface area contributed by atoms with Gasteiger partial charge in [-0.3, -0.25) is 0 Å². The molecule has 0 saturated heterocycles. The Balaban J connectivity index is 1.87. The second kappa shape index (κ2) is 6.93. The summed E-state index contributed by atoms with van der Waals surface area (Å²) in [5.41, 5.74) is 0. The van der Waals surface area contributed by atoms with Crippen molar-refractivity contribution >= 4 is 0 Å². The van der Waals surface area contributed by atoms with E-state index >= 15 is 0 Å². The maximum Gasteiger partial charge on any atom is 0.00952 e. The molecule has 2 aliphatic rings. The molecule has 0 bridgehead atoms. The van der Waals surface area contributed by atoms with E-state index in [1.165, 1.54) is 51.4 Å². The van der Waals surface area contributed by atoms with Crippen LogP contribution in [-0.4, -0.2) is 12.6 Å². The second-order valence-electron chi connectivity index (χ2n) is 6.97. The number of rotatable bonds is 4. The topological polar surface area (TPSA) is 12.0 Å². The smallest absolute Gasteiger partial charge is 0.00952 e. The van der Waals surface area contributed by atoms with E-state index in [-0.39, 0.29) is 0 Å². The average Bonchev–Trinajstić information content (AvgIpc) is 2.37. The van der Waals surface area contributed by atoms with Crippen LogP contribution in [0.3, 0.4) is 0 Å². The Bertz CT molecular complexity index is 236. The Labute approximate surface area is 114 Å². The van der Waals surface area contributed by atoms with Crippen LogP contribution in [0.1, 0.15) is 72.1 Å². The molecule has 0 amide bonds. The zero-order valence-corrected chi connectivity index (χ0v) is 12.8. The molecule has 0 aromatic carbocycles. The van der Waals surface area contributed by atoms with Crippen molar-refractivity contribution in [2.24, 2.45) is 23.7 Å². The Morgan fingerprint density at radius 1 is 0.889 bits per heavy atom. The molecule has 0 radical (unpaired) electrons. The molecule has 0 aliphatic heterocycles. The normalized spacial score (nSPS) is 41.8. The Kier molecular flexibility index (Phi) is 5.54. The van der Waals surface area contributed by atoms with E-state index in [1.54, 1.807) is 0 Å². The van der Waals surface area contributed by atoms with Crippen molar-refractivity contribution in [1.29, 1.82) is 0 Å². The fourth-order valence-corrected chi connectivity index (χ4v) is 4.47. The molecule has 0 aromatic rings. The van der Waals surface area contributed by atoms with E-state index in [2.05, 4.69) is 26.1 Å². The number of hydrogen-bond donors (Lipinski definition) is 1. The van der Waals surface area contributed by atoms with Crippen LogP contribution in [0.2, 0.25) is 0 Å². The third-order valence-electron chi connectivity index (χ3n) is 5.83. The van der Waals surface area contributed by atoms with Crippen LogP contribution in [0.15, 0.2) is 0 Å². The van der Waals surface area contributed by atoms with Gasteiger partial charge in [-0.05, 0) is 43.1 Å².